The molecule has 8 heteroatoms. The second kappa shape index (κ2) is 19.0. The predicted octanol–water partition coefficient (Wildman–Crippen LogP) is 2.51. The Kier molecular flexibility index (Phi) is 16.9. The van der Waals surface area contributed by atoms with Crippen LogP contribution in [0.1, 0.15) is 11.1 Å². The van der Waals surface area contributed by atoms with Gasteiger partial charge in [-0.05, 0) is 24.0 Å². The maximum Gasteiger partial charge on any atom is 0.414 e. The molecule has 0 saturated heterocycles. The summed E-state index contributed by atoms with van der Waals surface area (Å²) in [6.07, 6.45) is 9.78. The molecule has 0 spiro atoms. The molecule has 0 aliphatic heterocycles. The second-order valence-corrected chi connectivity index (χ2v) is 5.60. The molecule has 2 rings (SSSR count). The molecule has 2 aromatic carbocycles. The van der Waals surface area contributed by atoms with E-state index in [4.69, 9.17) is 31.6 Å². The Morgan fingerprint density at radius 3 is 1.27 bits per heavy atom. The number of hydrogen-bond donors (Lipinski definition) is 4. The van der Waals surface area contributed by atoms with Crippen LogP contribution >= 0.6 is 0 Å². The van der Waals surface area contributed by atoms with E-state index in [-0.39, 0.29) is 0 Å². The normalized spacial score (nSPS) is 10.1. The molecule has 0 aromatic heterocycles. The van der Waals surface area contributed by atoms with Gasteiger partial charge in [-0.1, -0.05) is 85.0 Å². The molecule has 0 aliphatic rings. The number of carboxylic acids is 2. The highest BCUT2D eigenvalue weighted by molar-refractivity contribution is 6.27. The van der Waals surface area contributed by atoms with E-state index in [1.807, 2.05) is 60.7 Å². The summed E-state index contributed by atoms with van der Waals surface area (Å²) in [4.78, 5) is 27.0. The Morgan fingerprint density at radius 1 is 0.667 bits per heavy atom. The minimum absolute atomic E-state index is 0.479. The number of allylic oxidation sites excluding steroid dienone is 2. The molecule has 8 nitrogen and oxygen atoms in total. The SMILES string of the molecule is NOCC=CCc1ccccc1.NOCC=CCc1ccccc1.O=C(O)C(=O)O. The molecule has 0 fully saturated rings. The summed E-state index contributed by atoms with van der Waals surface area (Å²) >= 11 is 0. The van der Waals surface area contributed by atoms with Crippen LogP contribution in [0.3, 0.4) is 0 Å². The van der Waals surface area contributed by atoms with Crippen LogP contribution in [0.5, 0.6) is 0 Å². The molecular weight excluding hydrogens is 388 g/mol. The molecule has 2 aromatic rings. The summed E-state index contributed by atoms with van der Waals surface area (Å²) in [5, 5.41) is 14.8. The van der Waals surface area contributed by atoms with Crippen molar-refractivity contribution in [2.45, 2.75) is 12.8 Å². The lowest BCUT2D eigenvalue weighted by atomic mass is 10.1. The van der Waals surface area contributed by atoms with Gasteiger partial charge in [0.15, 0.2) is 0 Å². The third kappa shape index (κ3) is 16.8. The first kappa shape index (κ1) is 26.7. The van der Waals surface area contributed by atoms with Gasteiger partial charge in [0, 0.05) is 0 Å². The van der Waals surface area contributed by atoms with E-state index in [1.165, 1.54) is 11.1 Å². The quantitative estimate of drug-likeness (QED) is 0.292. The van der Waals surface area contributed by atoms with Gasteiger partial charge in [-0.3, -0.25) is 0 Å². The van der Waals surface area contributed by atoms with Gasteiger partial charge in [0.1, 0.15) is 0 Å². The van der Waals surface area contributed by atoms with Crippen molar-refractivity contribution in [3.05, 3.63) is 96.1 Å². The fraction of sp³-hybridized carbons (Fsp3) is 0.182. The fourth-order valence-corrected chi connectivity index (χ4v) is 1.91. The second-order valence-electron chi connectivity index (χ2n) is 5.60. The highest BCUT2D eigenvalue weighted by atomic mass is 16.6. The van der Waals surface area contributed by atoms with Gasteiger partial charge >= 0.3 is 11.9 Å². The van der Waals surface area contributed by atoms with Crippen LogP contribution in [0.15, 0.2) is 85.0 Å². The van der Waals surface area contributed by atoms with Crippen LogP contribution in [-0.2, 0) is 32.1 Å². The Labute approximate surface area is 175 Å². The number of rotatable bonds is 8. The molecule has 0 heterocycles. The standard InChI is InChI=1S/2C10H13NO.C2H2O4/c2*11-12-9-5-4-8-10-6-2-1-3-7-10;3-1(4)2(5)6/h2*1-7H,8-9,11H2;(H,3,4)(H,5,6). The maximum atomic E-state index is 9.10. The molecular formula is C22H28N2O6. The number of carbonyl (C=O) groups is 2. The number of nitrogens with two attached hydrogens (primary N) is 2. The molecule has 0 aliphatic carbocycles. The van der Waals surface area contributed by atoms with Gasteiger partial charge in [-0.25, -0.2) is 21.4 Å². The molecule has 0 atom stereocenters. The molecule has 0 saturated carbocycles. The minimum atomic E-state index is -1.82. The zero-order valence-electron chi connectivity index (χ0n) is 16.6. The number of carboxylic acid groups (broad SMARTS) is 2. The summed E-state index contributed by atoms with van der Waals surface area (Å²) in [7, 11) is 0. The van der Waals surface area contributed by atoms with Crippen LogP contribution in [0.25, 0.3) is 0 Å². The van der Waals surface area contributed by atoms with Crippen LogP contribution in [-0.4, -0.2) is 35.4 Å². The van der Waals surface area contributed by atoms with Crippen molar-refractivity contribution in [3.8, 4) is 0 Å². The van der Waals surface area contributed by atoms with E-state index in [9.17, 15) is 0 Å². The van der Waals surface area contributed by atoms with E-state index in [1.54, 1.807) is 0 Å². The van der Waals surface area contributed by atoms with Crippen LogP contribution in [0, 0.1) is 0 Å². The van der Waals surface area contributed by atoms with Gasteiger partial charge in [-0.2, -0.15) is 0 Å². The maximum absolute atomic E-state index is 9.10. The van der Waals surface area contributed by atoms with Gasteiger partial charge in [0.25, 0.3) is 0 Å². The predicted molar refractivity (Wildman–Crippen MR) is 114 cm³/mol. The molecule has 0 unspecified atom stereocenters. The van der Waals surface area contributed by atoms with E-state index in [0.717, 1.165) is 12.8 Å². The molecule has 162 valence electrons. The van der Waals surface area contributed by atoms with Crippen LogP contribution in [0.2, 0.25) is 0 Å². The smallest absolute Gasteiger partial charge is 0.414 e. The van der Waals surface area contributed by atoms with Gasteiger partial charge in [-0.15, -0.1) is 0 Å². The van der Waals surface area contributed by atoms with E-state index in [2.05, 4.69) is 33.9 Å². The lowest BCUT2D eigenvalue weighted by Gasteiger charge is -1.93. The van der Waals surface area contributed by atoms with Crippen molar-refractivity contribution in [1.82, 2.24) is 0 Å². The summed E-state index contributed by atoms with van der Waals surface area (Å²) in [5.74, 6) is 6.07. The van der Waals surface area contributed by atoms with E-state index in [0.29, 0.717) is 13.2 Å². The Bertz CT molecular complexity index is 683. The highest BCUT2D eigenvalue weighted by Crippen LogP contribution is 2.00. The first-order valence-electron chi connectivity index (χ1n) is 8.98. The third-order valence-electron chi connectivity index (χ3n) is 3.29. The van der Waals surface area contributed by atoms with Crippen molar-refractivity contribution in [2.24, 2.45) is 11.8 Å². The lowest BCUT2D eigenvalue weighted by Crippen LogP contribution is -2.09. The largest absolute Gasteiger partial charge is 0.473 e. The van der Waals surface area contributed by atoms with Crippen molar-refractivity contribution >= 4 is 11.9 Å². The number of aliphatic carboxylic acids is 2. The Morgan fingerprint density at radius 2 is 1.00 bits per heavy atom. The van der Waals surface area contributed by atoms with Gasteiger partial charge in [0.2, 0.25) is 0 Å². The molecule has 6 N–H and O–H groups in total. The summed E-state index contributed by atoms with van der Waals surface area (Å²) in [5.41, 5.74) is 2.59. The van der Waals surface area contributed by atoms with E-state index < -0.39 is 11.9 Å². The van der Waals surface area contributed by atoms with Crippen molar-refractivity contribution < 1.29 is 29.5 Å². The Hall–Kier alpha value is -3.30. The van der Waals surface area contributed by atoms with Gasteiger partial charge < -0.3 is 19.9 Å². The zero-order chi connectivity index (χ0) is 22.5. The minimum Gasteiger partial charge on any atom is -0.473 e. The summed E-state index contributed by atoms with van der Waals surface area (Å²) in [6.45, 7) is 0.958. The molecule has 0 bridgehead atoms. The lowest BCUT2D eigenvalue weighted by molar-refractivity contribution is -0.159. The first-order valence-corrected chi connectivity index (χ1v) is 8.98. The molecule has 30 heavy (non-hydrogen) atoms. The molecule has 0 amide bonds. The average Bonchev–Trinajstić information content (AvgIpc) is 2.77. The van der Waals surface area contributed by atoms with Crippen molar-refractivity contribution in [2.75, 3.05) is 13.2 Å². The third-order valence-corrected chi connectivity index (χ3v) is 3.29. The summed E-state index contributed by atoms with van der Waals surface area (Å²) < 4.78 is 0. The van der Waals surface area contributed by atoms with Crippen molar-refractivity contribution in [3.63, 3.8) is 0 Å². The Balaban J connectivity index is 0.000000447. The average molecular weight is 416 g/mol. The zero-order valence-corrected chi connectivity index (χ0v) is 16.6. The monoisotopic (exact) mass is 416 g/mol. The highest BCUT2D eigenvalue weighted by Gasteiger charge is 2.04. The number of hydrogen-bond acceptors (Lipinski definition) is 6. The number of benzene rings is 2. The molecule has 0 radical (unpaired) electrons. The topological polar surface area (TPSA) is 145 Å². The van der Waals surface area contributed by atoms with Crippen molar-refractivity contribution in [1.29, 1.82) is 0 Å². The van der Waals surface area contributed by atoms with Gasteiger partial charge in [0.05, 0.1) is 13.2 Å². The first-order chi connectivity index (χ1) is 14.5. The van der Waals surface area contributed by atoms with Crippen LogP contribution < -0.4 is 11.8 Å². The van der Waals surface area contributed by atoms with E-state index >= 15 is 0 Å². The fourth-order valence-electron chi connectivity index (χ4n) is 1.91. The van der Waals surface area contributed by atoms with Crippen LogP contribution in [0.4, 0.5) is 0 Å². The summed E-state index contributed by atoms with van der Waals surface area (Å²) in [6, 6.07) is 20.5.